The van der Waals surface area contributed by atoms with E-state index in [4.69, 9.17) is 4.74 Å². The summed E-state index contributed by atoms with van der Waals surface area (Å²) in [5, 5.41) is 0. The summed E-state index contributed by atoms with van der Waals surface area (Å²) in [7, 11) is 3.77. The van der Waals surface area contributed by atoms with Crippen LogP contribution in [0, 0.1) is 6.92 Å². The highest BCUT2D eigenvalue weighted by molar-refractivity contribution is 5.40. The van der Waals surface area contributed by atoms with Gasteiger partial charge in [-0.2, -0.15) is 0 Å². The molecule has 2 heterocycles. The fourth-order valence-electron chi connectivity index (χ4n) is 2.96. The second-order valence-corrected chi connectivity index (χ2v) is 6.11. The average Bonchev–Trinajstić information content (AvgIpc) is 2.54. The molecular formula is C19H22N3O2+. The lowest BCUT2D eigenvalue weighted by Crippen LogP contribution is -3.06. The van der Waals surface area contributed by atoms with Crippen molar-refractivity contribution in [1.29, 1.82) is 0 Å². The van der Waals surface area contributed by atoms with E-state index in [9.17, 15) is 4.79 Å². The predicted octanol–water partition coefficient (Wildman–Crippen LogP) is 1.23. The number of aromatic nitrogens is 2. The molecule has 0 aliphatic heterocycles. The molecule has 0 amide bonds. The maximum Gasteiger partial charge on any atom is 0.258 e. The van der Waals surface area contributed by atoms with Crippen molar-refractivity contribution in [2.24, 2.45) is 0 Å². The van der Waals surface area contributed by atoms with Gasteiger partial charge in [-0.05, 0) is 31.2 Å². The molecule has 1 N–H and O–H groups in total. The first-order valence-corrected chi connectivity index (χ1v) is 7.99. The molecule has 0 bridgehead atoms. The number of hydrogen-bond acceptors (Lipinski definition) is 3. The van der Waals surface area contributed by atoms with E-state index in [1.54, 1.807) is 17.6 Å². The zero-order valence-corrected chi connectivity index (χ0v) is 14.2. The number of hydrogen-bond donors (Lipinski definition) is 1. The van der Waals surface area contributed by atoms with Crippen LogP contribution in [-0.4, -0.2) is 23.5 Å². The van der Waals surface area contributed by atoms with Gasteiger partial charge >= 0.3 is 0 Å². The topological polar surface area (TPSA) is 48.0 Å². The number of methoxy groups -OCH3 is 1. The van der Waals surface area contributed by atoms with Crippen LogP contribution in [0.3, 0.4) is 0 Å². The summed E-state index contributed by atoms with van der Waals surface area (Å²) in [6.45, 7) is 3.44. The Labute approximate surface area is 141 Å². The molecule has 5 nitrogen and oxygen atoms in total. The van der Waals surface area contributed by atoms with Gasteiger partial charge in [-0.25, -0.2) is 4.98 Å². The van der Waals surface area contributed by atoms with Crippen LogP contribution in [0.1, 0.15) is 17.0 Å². The summed E-state index contributed by atoms with van der Waals surface area (Å²) in [6.07, 6.45) is 0. The van der Waals surface area contributed by atoms with Crippen molar-refractivity contribution in [3.8, 4) is 5.75 Å². The van der Waals surface area contributed by atoms with Crippen molar-refractivity contribution in [3.63, 3.8) is 0 Å². The number of aryl methyl sites for hydroxylation is 1. The van der Waals surface area contributed by atoms with Gasteiger partial charge in [0.05, 0.1) is 14.2 Å². The largest absolute Gasteiger partial charge is 0.497 e. The Morgan fingerprint density at radius 2 is 1.92 bits per heavy atom. The third-order valence-corrected chi connectivity index (χ3v) is 4.06. The standard InChI is InChI=1S/C19H21N3O2/c1-14-6-4-9-18-20-16(11-19(23)22(14)18)13-21(2)12-15-7-5-8-17(10-15)24-3/h4-11H,12-13H2,1-3H3/p+1. The highest BCUT2D eigenvalue weighted by Crippen LogP contribution is 2.11. The maximum absolute atomic E-state index is 12.3. The number of rotatable bonds is 5. The first-order chi connectivity index (χ1) is 11.6. The van der Waals surface area contributed by atoms with Crippen LogP contribution in [0.2, 0.25) is 0 Å². The Hall–Kier alpha value is -2.66. The van der Waals surface area contributed by atoms with Crippen LogP contribution in [0.25, 0.3) is 5.65 Å². The van der Waals surface area contributed by atoms with Gasteiger partial charge in [0.2, 0.25) is 0 Å². The third kappa shape index (κ3) is 3.46. The Kier molecular flexibility index (Phi) is 4.62. The van der Waals surface area contributed by atoms with Gasteiger partial charge < -0.3 is 9.64 Å². The smallest absolute Gasteiger partial charge is 0.258 e. The molecule has 1 atom stereocenters. The molecule has 2 aromatic heterocycles. The van der Waals surface area contributed by atoms with E-state index in [1.807, 2.05) is 43.3 Å². The van der Waals surface area contributed by atoms with Crippen molar-refractivity contribution in [3.05, 3.63) is 75.8 Å². The first-order valence-electron chi connectivity index (χ1n) is 7.99. The van der Waals surface area contributed by atoms with Crippen molar-refractivity contribution >= 4 is 5.65 Å². The zero-order chi connectivity index (χ0) is 17.1. The van der Waals surface area contributed by atoms with E-state index < -0.39 is 0 Å². The summed E-state index contributed by atoms with van der Waals surface area (Å²) < 4.78 is 6.90. The summed E-state index contributed by atoms with van der Waals surface area (Å²) in [6, 6.07) is 15.4. The highest BCUT2D eigenvalue weighted by Gasteiger charge is 2.10. The number of nitrogens with zero attached hydrogens (tertiary/aromatic N) is 2. The predicted molar refractivity (Wildman–Crippen MR) is 93.5 cm³/mol. The van der Waals surface area contributed by atoms with Gasteiger partial charge in [-0.15, -0.1) is 0 Å². The molecule has 5 heteroatoms. The van der Waals surface area contributed by atoms with Crippen molar-refractivity contribution in [2.45, 2.75) is 20.0 Å². The van der Waals surface area contributed by atoms with Crippen molar-refractivity contribution in [2.75, 3.05) is 14.2 Å². The first kappa shape index (κ1) is 16.2. The minimum absolute atomic E-state index is 0.0257. The fraction of sp³-hybridized carbons (Fsp3) is 0.263. The van der Waals surface area contributed by atoms with Gasteiger partial charge in [0.15, 0.2) is 0 Å². The summed E-state index contributed by atoms with van der Waals surface area (Å²) in [5.74, 6) is 0.859. The molecule has 0 spiro atoms. The van der Waals surface area contributed by atoms with E-state index in [2.05, 4.69) is 18.1 Å². The summed E-state index contributed by atoms with van der Waals surface area (Å²) >= 11 is 0. The molecule has 3 rings (SSSR count). The minimum Gasteiger partial charge on any atom is -0.497 e. The van der Waals surface area contributed by atoms with Crippen LogP contribution in [-0.2, 0) is 13.1 Å². The van der Waals surface area contributed by atoms with Crippen molar-refractivity contribution in [1.82, 2.24) is 9.38 Å². The number of fused-ring (bicyclic) bond motifs is 1. The van der Waals surface area contributed by atoms with Gasteiger partial charge in [0, 0.05) is 17.3 Å². The van der Waals surface area contributed by atoms with Crippen LogP contribution in [0.15, 0.2) is 53.3 Å². The van der Waals surface area contributed by atoms with Gasteiger partial charge in [-0.1, -0.05) is 18.2 Å². The molecule has 0 fully saturated rings. The second kappa shape index (κ2) is 6.84. The third-order valence-electron chi connectivity index (χ3n) is 4.06. The average molecular weight is 324 g/mol. The summed E-state index contributed by atoms with van der Waals surface area (Å²) in [4.78, 5) is 18.2. The van der Waals surface area contributed by atoms with Crippen LogP contribution >= 0.6 is 0 Å². The molecule has 0 saturated heterocycles. The SMILES string of the molecule is COc1cccc(C[NH+](C)Cc2cc(=O)n3c(C)cccc3n2)c1. The lowest BCUT2D eigenvalue weighted by Gasteiger charge is -2.14. The van der Waals surface area contributed by atoms with E-state index in [0.29, 0.717) is 12.2 Å². The molecule has 24 heavy (non-hydrogen) atoms. The maximum atomic E-state index is 12.3. The number of benzene rings is 1. The molecule has 3 aromatic rings. The van der Waals surface area contributed by atoms with E-state index in [1.165, 1.54) is 10.5 Å². The Bertz CT molecular complexity index is 918. The molecule has 0 radical (unpaired) electrons. The minimum atomic E-state index is -0.0257. The zero-order valence-electron chi connectivity index (χ0n) is 14.2. The van der Waals surface area contributed by atoms with Gasteiger partial charge in [-0.3, -0.25) is 9.20 Å². The van der Waals surface area contributed by atoms with E-state index >= 15 is 0 Å². The van der Waals surface area contributed by atoms with Crippen LogP contribution in [0.4, 0.5) is 0 Å². The molecule has 124 valence electrons. The molecule has 0 saturated carbocycles. The highest BCUT2D eigenvalue weighted by atomic mass is 16.5. The number of quaternary nitrogens is 1. The number of nitrogens with one attached hydrogen (secondary N) is 1. The molecule has 0 aliphatic rings. The molecule has 0 aliphatic carbocycles. The van der Waals surface area contributed by atoms with Crippen LogP contribution < -0.4 is 15.2 Å². The summed E-state index contributed by atoms with van der Waals surface area (Å²) in [5.41, 5.74) is 3.58. The Morgan fingerprint density at radius 1 is 1.12 bits per heavy atom. The van der Waals surface area contributed by atoms with E-state index in [-0.39, 0.29) is 5.56 Å². The molecule has 1 aromatic carbocycles. The second-order valence-electron chi connectivity index (χ2n) is 6.11. The molecular weight excluding hydrogens is 302 g/mol. The number of pyridine rings is 1. The Balaban J connectivity index is 1.80. The van der Waals surface area contributed by atoms with E-state index in [0.717, 1.165) is 23.7 Å². The van der Waals surface area contributed by atoms with Crippen LogP contribution in [0.5, 0.6) is 5.75 Å². The monoisotopic (exact) mass is 324 g/mol. The lowest BCUT2D eigenvalue weighted by atomic mass is 10.2. The van der Waals surface area contributed by atoms with Gasteiger partial charge in [0.25, 0.3) is 5.56 Å². The van der Waals surface area contributed by atoms with Gasteiger partial charge in [0.1, 0.15) is 30.2 Å². The lowest BCUT2D eigenvalue weighted by molar-refractivity contribution is -0.908. The normalized spacial score (nSPS) is 12.3. The van der Waals surface area contributed by atoms with Crippen molar-refractivity contribution < 1.29 is 9.64 Å². The number of ether oxygens (including phenoxy) is 1. The fourth-order valence-corrected chi connectivity index (χ4v) is 2.96. The molecule has 1 unspecified atom stereocenters. The Morgan fingerprint density at radius 3 is 2.71 bits per heavy atom. The quantitative estimate of drug-likeness (QED) is 0.768.